The molecule has 78 valence electrons. The molecule has 0 heterocycles. The molecule has 0 fully saturated rings. The van der Waals surface area contributed by atoms with E-state index in [1.807, 2.05) is 0 Å². The van der Waals surface area contributed by atoms with E-state index in [1.165, 1.54) is 12.1 Å². The van der Waals surface area contributed by atoms with Crippen molar-refractivity contribution in [3.63, 3.8) is 0 Å². The Morgan fingerprint density at radius 3 is 2.50 bits per heavy atom. The van der Waals surface area contributed by atoms with Crippen molar-refractivity contribution < 1.29 is 22.5 Å². The quantitative estimate of drug-likeness (QED) is 0.777. The van der Waals surface area contributed by atoms with E-state index >= 15 is 0 Å². The molecule has 0 amide bonds. The topological polar surface area (TPSA) is 58.3 Å². The Morgan fingerprint density at radius 2 is 2.00 bits per heavy atom. The smallest absolute Gasteiger partial charge is 0.573 e. The van der Waals surface area contributed by atoms with Gasteiger partial charge in [0, 0.05) is 6.07 Å². The Labute approximate surface area is 81.0 Å². The summed E-state index contributed by atoms with van der Waals surface area (Å²) in [5, 5.41) is 4.98. The van der Waals surface area contributed by atoms with Crippen molar-refractivity contribution in [2.45, 2.75) is 11.3 Å². The van der Waals surface area contributed by atoms with E-state index < -0.39 is 23.5 Å². The lowest BCUT2D eigenvalue weighted by molar-refractivity contribution is -0.274. The van der Waals surface area contributed by atoms with Gasteiger partial charge in [-0.2, -0.15) is 0 Å². The Kier molecular flexibility index (Phi) is 3.25. The number of rotatable bonds is 2. The van der Waals surface area contributed by atoms with Crippen LogP contribution < -0.4 is 9.88 Å². The number of alkyl halides is 3. The summed E-state index contributed by atoms with van der Waals surface area (Å²) in [5.74, 6) is -0.436. The second-order valence-corrected chi connectivity index (χ2v) is 3.39. The largest absolute Gasteiger partial charge is 0.593 e. The highest BCUT2D eigenvalue weighted by atomic mass is 32.2. The number of nitrogens with two attached hydrogens (primary N) is 1. The van der Waals surface area contributed by atoms with Crippen LogP contribution in [-0.4, -0.2) is 10.9 Å². The Morgan fingerprint density at radius 1 is 1.36 bits per heavy atom. The molecule has 3 nitrogen and oxygen atoms in total. The van der Waals surface area contributed by atoms with Crippen LogP contribution in [0.1, 0.15) is 0 Å². The molecule has 1 rings (SSSR count). The van der Waals surface area contributed by atoms with Crippen LogP contribution in [0.2, 0.25) is 0 Å². The zero-order valence-electron chi connectivity index (χ0n) is 6.75. The van der Waals surface area contributed by atoms with Gasteiger partial charge in [0.25, 0.3) is 0 Å². The minimum absolute atomic E-state index is 0.0757. The maximum absolute atomic E-state index is 11.7. The van der Waals surface area contributed by atoms with Gasteiger partial charge < -0.3 is 9.29 Å². The summed E-state index contributed by atoms with van der Waals surface area (Å²) in [6.45, 7) is 0. The third kappa shape index (κ3) is 3.44. The monoisotopic (exact) mass is 225 g/mol. The van der Waals surface area contributed by atoms with Gasteiger partial charge in [-0.05, 0) is 12.1 Å². The zero-order valence-corrected chi connectivity index (χ0v) is 7.56. The molecule has 0 saturated heterocycles. The Hall–Kier alpha value is -0.920. The van der Waals surface area contributed by atoms with Gasteiger partial charge in [-0.1, -0.05) is 6.07 Å². The summed E-state index contributed by atoms with van der Waals surface area (Å²) in [4.78, 5) is 0.0757. The molecule has 0 spiro atoms. The number of hydrogen-bond donors (Lipinski definition) is 1. The van der Waals surface area contributed by atoms with E-state index in [1.54, 1.807) is 0 Å². The molecule has 7 heteroatoms. The second-order valence-electron chi connectivity index (χ2n) is 2.32. The lowest BCUT2D eigenvalue weighted by Crippen LogP contribution is -2.18. The molecule has 0 aliphatic carbocycles. The molecule has 2 N–H and O–H groups in total. The van der Waals surface area contributed by atoms with Gasteiger partial charge in [0.15, 0.2) is 4.90 Å². The molecule has 0 saturated carbocycles. The Bertz CT molecular complexity index is 316. The van der Waals surface area contributed by atoms with Gasteiger partial charge in [-0.25, -0.2) is 0 Å². The van der Waals surface area contributed by atoms with Crippen molar-refractivity contribution in [3.8, 4) is 5.75 Å². The molecule has 1 unspecified atom stereocenters. The van der Waals surface area contributed by atoms with Crippen LogP contribution in [0.5, 0.6) is 5.75 Å². The predicted octanol–water partition coefficient (Wildman–Crippen LogP) is 1.57. The fourth-order valence-corrected chi connectivity index (χ4v) is 1.24. The summed E-state index contributed by atoms with van der Waals surface area (Å²) in [6.07, 6.45) is -4.76. The fourth-order valence-electron chi connectivity index (χ4n) is 0.796. The third-order valence-corrected chi connectivity index (χ3v) is 1.99. The van der Waals surface area contributed by atoms with Crippen molar-refractivity contribution in [1.29, 1.82) is 0 Å². The van der Waals surface area contributed by atoms with Gasteiger partial charge in [0.1, 0.15) is 5.75 Å². The molecule has 14 heavy (non-hydrogen) atoms. The summed E-state index contributed by atoms with van der Waals surface area (Å²) in [7, 11) is 0. The molecule has 0 bridgehead atoms. The van der Waals surface area contributed by atoms with Crippen LogP contribution in [0.4, 0.5) is 13.2 Å². The summed E-state index contributed by atoms with van der Waals surface area (Å²) < 4.78 is 49.6. The van der Waals surface area contributed by atoms with Crippen LogP contribution >= 0.6 is 0 Å². The standard InChI is InChI=1S/C7H6F3NO2S/c8-7(9,10)13-5-2-1-3-6(4-5)14(11)12/h1-4H,11H2. The van der Waals surface area contributed by atoms with Crippen LogP contribution in [-0.2, 0) is 11.4 Å². The van der Waals surface area contributed by atoms with E-state index in [0.717, 1.165) is 12.1 Å². The minimum Gasteiger partial charge on any atom is -0.593 e. The van der Waals surface area contributed by atoms with Crippen LogP contribution in [0.3, 0.4) is 0 Å². The number of benzene rings is 1. The summed E-state index contributed by atoms with van der Waals surface area (Å²) in [5.41, 5.74) is 0. The number of ether oxygens (including phenoxy) is 1. The van der Waals surface area contributed by atoms with Crippen molar-refractivity contribution in [2.24, 2.45) is 5.14 Å². The lowest BCUT2D eigenvalue weighted by atomic mass is 10.3. The first kappa shape index (κ1) is 11.2. The molecular weight excluding hydrogens is 219 g/mol. The highest BCUT2D eigenvalue weighted by Crippen LogP contribution is 2.24. The van der Waals surface area contributed by atoms with E-state index in [2.05, 4.69) is 4.74 Å². The van der Waals surface area contributed by atoms with Crippen molar-refractivity contribution in [1.82, 2.24) is 0 Å². The van der Waals surface area contributed by atoms with Gasteiger partial charge in [0.05, 0.1) is 11.4 Å². The molecule has 0 radical (unpaired) electrons. The molecule has 1 atom stereocenters. The SMILES string of the molecule is N[S+]([O-])c1cccc(OC(F)(F)F)c1. The van der Waals surface area contributed by atoms with Crippen LogP contribution in [0.25, 0.3) is 0 Å². The first-order chi connectivity index (χ1) is 6.38. The van der Waals surface area contributed by atoms with E-state index in [-0.39, 0.29) is 4.90 Å². The average molecular weight is 225 g/mol. The maximum atomic E-state index is 11.7. The lowest BCUT2D eigenvalue weighted by Gasteiger charge is -2.09. The van der Waals surface area contributed by atoms with Gasteiger partial charge in [-0.3, -0.25) is 0 Å². The molecule has 0 aliphatic heterocycles. The minimum atomic E-state index is -4.76. The van der Waals surface area contributed by atoms with Crippen molar-refractivity contribution in [3.05, 3.63) is 24.3 Å². The number of halogens is 3. The van der Waals surface area contributed by atoms with Crippen LogP contribution in [0.15, 0.2) is 29.2 Å². The third-order valence-electron chi connectivity index (χ3n) is 1.27. The maximum Gasteiger partial charge on any atom is 0.573 e. The predicted molar refractivity (Wildman–Crippen MR) is 43.7 cm³/mol. The molecule has 1 aromatic rings. The Balaban J connectivity index is 2.84. The van der Waals surface area contributed by atoms with Crippen molar-refractivity contribution >= 4 is 11.4 Å². The highest BCUT2D eigenvalue weighted by molar-refractivity contribution is 7.89. The van der Waals surface area contributed by atoms with E-state index in [0.29, 0.717) is 0 Å². The summed E-state index contributed by atoms with van der Waals surface area (Å²) in [6, 6.07) is 4.70. The average Bonchev–Trinajstić information content (AvgIpc) is 2.01. The molecule has 0 aromatic heterocycles. The van der Waals surface area contributed by atoms with Gasteiger partial charge in [0.2, 0.25) is 0 Å². The number of hydrogen-bond acceptors (Lipinski definition) is 3. The second kappa shape index (κ2) is 4.07. The first-order valence-electron chi connectivity index (χ1n) is 3.40. The van der Waals surface area contributed by atoms with Gasteiger partial charge >= 0.3 is 6.36 Å². The van der Waals surface area contributed by atoms with E-state index in [9.17, 15) is 17.7 Å². The molecule has 0 aliphatic rings. The highest BCUT2D eigenvalue weighted by Gasteiger charge is 2.31. The zero-order chi connectivity index (χ0) is 10.8. The fraction of sp³-hybridized carbons (Fsp3) is 0.143. The summed E-state index contributed by atoms with van der Waals surface area (Å²) >= 11 is -1.81. The normalized spacial score (nSPS) is 13.8. The van der Waals surface area contributed by atoms with E-state index in [4.69, 9.17) is 5.14 Å². The van der Waals surface area contributed by atoms with Gasteiger partial charge in [-0.15, -0.1) is 18.3 Å². The van der Waals surface area contributed by atoms with Crippen LogP contribution in [0, 0.1) is 0 Å². The molecule has 1 aromatic carbocycles. The van der Waals surface area contributed by atoms with Crippen molar-refractivity contribution in [2.75, 3.05) is 0 Å². The molecular formula is C7H6F3NO2S. The first-order valence-corrected chi connectivity index (χ1v) is 4.62.